The van der Waals surface area contributed by atoms with Crippen molar-refractivity contribution in [3.63, 3.8) is 0 Å². The van der Waals surface area contributed by atoms with Gasteiger partial charge in [-0.25, -0.2) is 20.1 Å². The number of rotatable bonds is 7. The summed E-state index contributed by atoms with van der Waals surface area (Å²) in [7, 11) is -4.12. The standard InChI is InChI=1S/C13H20N6O6S/c1-13(2)23-3-9(25-13)8(4-24-26(15,20)21)22-7-19-6-18-10-11(14)16-5-17-12(10)19/h5-6,8-9H,3-4,7H2,1-2H3,(H2,14,16,17)(H2,15,20,21)/t8-,9?/m1/s1. The number of nitrogen functional groups attached to an aromatic ring is 1. The molecule has 0 aliphatic carbocycles. The second-order valence-electron chi connectivity index (χ2n) is 6.12. The van der Waals surface area contributed by atoms with E-state index in [1.807, 2.05) is 0 Å². The minimum Gasteiger partial charge on any atom is -0.382 e. The maximum absolute atomic E-state index is 11.1. The number of imidazole rings is 1. The third-order valence-corrected chi connectivity index (χ3v) is 4.16. The molecule has 12 nitrogen and oxygen atoms in total. The molecule has 1 fully saturated rings. The Morgan fingerprint density at radius 1 is 1.42 bits per heavy atom. The van der Waals surface area contributed by atoms with Gasteiger partial charge in [0.05, 0.1) is 19.5 Å². The second-order valence-corrected chi connectivity index (χ2v) is 7.35. The number of hydrogen-bond donors (Lipinski definition) is 2. The van der Waals surface area contributed by atoms with Crippen LogP contribution in [0.3, 0.4) is 0 Å². The van der Waals surface area contributed by atoms with Crippen molar-refractivity contribution < 1.29 is 26.8 Å². The van der Waals surface area contributed by atoms with E-state index in [9.17, 15) is 8.42 Å². The van der Waals surface area contributed by atoms with Crippen LogP contribution in [0.4, 0.5) is 5.82 Å². The summed E-state index contributed by atoms with van der Waals surface area (Å²) in [4.78, 5) is 12.1. The SMILES string of the molecule is CC1(C)OCC([C@@H](COS(N)(=O)=O)OCn2cnc3c(N)ncnc32)O1. The fraction of sp³-hybridized carbons (Fsp3) is 0.615. The molecule has 13 heteroatoms. The second kappa shape index (κ2) is 7.02. The van der Waals surface area contributed by atoms with Gasteiger partial charge in [-0.1, -0.05) is 0 Å². The van der Waals surface area contributed by atoms with E-state index in [2.05, 4.69) is 19.1 Å². The smallest absolute Gasteiger partial charge is 0.333 e. The quantitative estimate of drug-likeness (QED) is 0.608. The molecule has 0 bridgehead atoms. The maximum Gasteiger partial charge on any atom is 0.333 e. The normalized spacial score (nSPS) is 21.3. The van der Waals surface area contributed by atoms with Gasteiger partial charge >= 0.3 is 10.3 Å². The Morgan fingerprint density at radius 2 is 2.19 bits per heavy atom. The lowest BCUT2D eigenvalue weighted by Crippen LogP contribution is -2.38. The first-order valence-corrected chi connectivity index (χ1v) is 9.13. The zero-order chi connectivity index (χ0) is 18.9. The van der Waals surface area contributed by atoms with Gasteiger partial charge in [-0.2, -0.15) is 8.42 Å². The lowest BCUT2D eigenvalue weighted by molar-refractivity contribution is -0.164. The highest BCUT2D eigenvalue weighted by molar-refractivity contribution is 7.84. The van der Waals surface area contributed by atoms with E-state index >= 15 is 0 Å². The number of anilines is 1. The molecule has 0 spiro atoms. The number of nitrogens with zero attached hydrogens (tertiary/aromatic N) is 4. The van der Waals surface area contributed by atoms with Crippen molar-refractivity contribution in [2.45, 2.75) is 38.6 Å². The van der Waals surface area contributed by atoms with Gasteiger partial charge in [-0.3, -0.25) is 8.75 Å². The van der Waals surface area contributed by atoms with Crippen LogP contribution in [0.25, 0.3) is 11.2 Å². The molecule has 0 saturated carbocycles. The largest absolute Gasteiger partial charge is 0.382 e. The topological polar surface area (TPSA) is 167 Å². The maximum atomic E-state index is 11.1. The summed E-state index contributed by atoms with van der Waals surface area (Å²) in [6.45, 7) is 3.38. The minimum absolute atomic E-state index is 0.00584. The number of ether oxygens (including phenoxy) is 3. The summed E-state index contributed by atoms with van der Waals surface area (Å²) < 4.78 is 45.5. The summed E-state index contributed by atoms with van der Waals surface area (Å²) in [5.74, 6) is -0.561. The van der Waals surface area contributed by atoms with Crippen molar-refractivity contribution in [2.75, 3.05) is 18.9 Å². The molecule has 1 aliphatic rings. The molecule has 0 radical (unpaired) electrons. The molecule has 3 heterocycles. The van der Waals surface area contributed by atoms with Crippen LogP contribution in [-0.4, -0.2) is 59.1 Å². The Kier molecular flexibility index (Phi) is 5.09. The van der Waals surface area contributed by atoms with Crippen LogP contribution >= 0.6 is 0 Å². The zero-order valence-electron chi connectivity index (χ0n) is 14.2. The minimum atomic E-state index is -4.12. The lowest BCUT2D eigenvalue weighted by Gasteiger charge is -2.24. The summed E-state index contributed by atoms with van der Waals surface area (Å²) in [5.41, 5.74) is 6.66. The highest BCUT2D eigenvalue weighted by Gasteiger charge is 2.38. The highest BCUT2D eigenvalue weighted by Crippen LogP contribution is 2.26. The van der Waals surface area contributed by atoms with E-state index in [0.717, 1.165) is 0 Å². The lowest BCUT2D eigenvalue weighted by atomic mass is 10.2. The van der Waals surface area contributed by atoms with Crippen LogP contribution in [-0.2, 0) is 35.4 Å². The molecule has 3 rings (SSSR count). The Bertz CT molecular complexity index is 884. The number of hydrogen-bond acceptors (Lipinski definition) is 10. The number of fused-ring (bicyclic) bond motifs is 1. The van der Waals surface area contributed by atoms with E-state index in [4.69, 9.17) is 25.1 Å². The van der Waals surface area contributed by atoms with Gasteiger partial charge in [-0.05, 0) is 13.8 Å². The average molecular weight is 388 g/mol. The van der Waals surface area contributed by atoms with Gasteiger partial charge in [0.25, 0.3) is 0 Å². The molecule has 2 aromatic heterocycles. The molecule has 1 aliphatic heterocycles. The molecule has 2 aromatic rings. The van der Waals surface area contributed by atoms with Crippen molar-refractivity contribution in [1.29, 1.82) is 0 Å². The monoisotopic (exact) mass is 388 g/mol. The van der Waals surface area contributed by atoms with E-state index < -0.39 is 28.3 Å². The first-order valence-electron chi connectivity index (χ1n) is 7.66. The summed E-state index contributed by atoms with van der Waals surface area (Å²) in [5, 5.41) is 4.89. The summed E-state index contributed by atoms with van der Waals surface area (Å²) >= 11 is 0. The van der Waals surface area contributed by atoms with Gasteiger partial charge in [0.15, 0.2) is 17.3 Å². The van der Waals surface area contributed by atoms with Gasteiger partial charge < -0.3 is 19.9 Å². The molecule has 0 amide bonds. The first kappa shape index (κ1) is 18.9. The van der Waals surface area contributed by atoms with E-state index in [1.54, 1.807) is 18.4 Å². The van der Waals surface area contributed by atoms with E-state index in [1.165, 1.54) is 12.7 Å². The Balaban J connectivity index is 1.73. The van der Waals surface area contributed by atoms with Gasteiger partial charge in [0, 0.05) is 0 Å². The Hall–Kier alpha value is -1.90. The molecule has 26 heavy (non-hydrogen) atoms. The summed E-state index contributed by atoms with van der Waals surface area (Å²) in [6, 6.07) is 0. The third kappa shape index (κ3) is 4.44. The van der Waals surface area contributed by atoms with Crippen LogP contribution in [0.5, 0.6) is 0 Å². The predicted molar refractivity (Wildman–Crippen MR) is 88.6 cm³/mol. The fourth-order valence-electron chi connectivity index (χ4n) is 2.49. The van der Waals surface area contributed by atoms with E-state index in [-0.39, 0.29) is 25.8 Å². The molecular weight excluding hydrogens is 368 g/mol. The van der Waals surface area contributed by atoms with Crippen molar-refractivity contribution in [2.24, 2.45) is 5.14 Å². The molecular formula is C13H20N6O6S. The van der Waals surface area contributed by atoms with Crippen molar-refractivity contribution in [1.82, 2.24) is 19.5 Å². The number of nitrogens with two attached hydrogens (primary N) is 2. The zero-order valence-corrected chi connectivity index (χ0v) is 15.0. The summed E-state index contributed by atoms with van der Waals surface area (Å²) in [6.07, 6.45) is 1.50. The predicted octanol–water partition coefficient (Wildman–Crippen LogP) is -0.877. The average Bonchev–Trinajstić information content (AvgIpc) is 3.11. The van der Waals surface area contributed by atoms with Crippen LogP contribution in [0.1, 0.15) is 13.8 Å². The molecule has 1 unspecified atom stereocenters. The first-order chi connectivity index (χ1) is 12.1. The van der Waals surface area contributed by atoms with Gasteiger partial charge in [0.1, 0.15) is 30.8 Å². The molecule has 1 saturated heterocycles. The molecule has 4 N–H and O–H groups in total. The molecule has 2 atom stereocenters. The Morgan fingerprint density at radius 3 is 2.85 bits per heavy atom. The van der Waals surface area contributed by atoms with Crippen LogP contribution in [0, 0.1) is 0 Å². The third-order valence-electron chi connectivity index (χ3n) is 3.70. The van der Waals surface area contributed by atoms with Crippen LogP contribution < -0.4 is 10.9 Å². The molecule has 0 aromatic carbocycles. The van der Waals surface area contributed by atoms with Gasteiger partial charge in [-0.15, -0.1) is 0 Å². The van der Waals surface area contributed by atoms with Gasteiger partial charge in [0.2, 0.25) is 0 Å². The molecule has 144 valence electrons. The number of aromatic nitrogens is 4. The van der Waals surface area contributed by atoms with Crippen LogP contribution in [0.15, 0.2) is 12.7 Å². The van der Waals surface area contributed by atoms with Crippen LogP contribution in [0.2, 0.25) is 0 Å². The van der Waals surface area contributed by atoms with Crippen molar-refractivity contribution in [3.8, 4) is 0 Å². The fourth-order valence-corrected chi connectivity index (χ4v) is 2.82. The Labute approximate surface area is 149 Å². The highest BCUT2D eigenvalue weighted by atomic mass is 32.2. The van der Waals surface area contributed by atoms with E-state index in [0.29, 0.717) is 11.2 Å². The van der Waals surface area contributed by atoms with Crippen molar-refractivity contribution in [3.05, 3.63) is 12.7 Å². The van der Waals surface area contributed by atoms with Crippen molar-refractivity contribution >= 4 is 27.3 Å².